The third kappa shape index (κ3) is 5.71. The molecule has 2 fully saturated rings. The van der Waals surface area contributed by atoms with E-state index in [0.717, 1.165) is 32.4 Å². The lowest BCUT2D eigenvalue weighted by molar-refractivity contribution is -0.644. The Kier molecular flexibility index (Phi) is 10.8. The third-order valence-electron chi connectivity index (χ3n) is 10.9. The van der Waals surface area contributed by atoms with Gasteiger partial charge in [-0.25, -0.2) is 14.4 Å². The summed E-state index contributed by atoms with van der Waals surface area (Å²) in [5.74, 6) is -6.62. The Morgan fingerprint density at radius 3 is 2.26 bits per heavy atom. The molecule has 46 heavy (non-hydrogen) atoms. The number of nitrogens with two attached hydrogens (primary N) is 1. The Hall–Kier alpha value is -2.72. The van der Waals surface area contributed by atoms with Gasteiger partial charge in [0.25, 0.3) is 5.54 Å². The number of quaternary nitrogens is 1. The van der Waals surface area contributed by atoms with Crippen LogP contribution in [0.5, 0.6) is 0 Å². The molecular weight excluding hydrogens is 604 g/mol. The van der Waals surface area contributed by atoms with Crippen LogP contribution in [0.1, 0.15) is 58.8 Å². The number of nitrogens with one attached hydrogen (secondary N) is 1. The van der Waals surface area contributed by atoms with E-state index in [1.165, 1.54) is 13.8 Å². The summed E-state index contributed by atoms with van der Waals surface area (Å²) in [5.41, 5.74) is -8.28. The number of amides is 2. The van der Waals surface area contributed by atoms with Gasteiger partial charge < -0.3 is 45.1 Å². The van der Waals surface area contributed by atoms with Gasteiger partial charge in [-0.3, -0.25) is 10.1 Å². The Bertz CT molecular complexity index is 1230. The van der Waals surface area contributed by atoms with Gasteiger partial charge >= 0.3 is 17.8 Å². The summed E-state index contributed by atoms with van der Waals surface area (Å²) < 4.78 is 16.0. The molecule has 0 aromatic rings. The molecule has 4 aliphatic rings. The molecule has 258 valence electrons. The Morgan fingerprint density at radius 1 is 0.978 bits per heavy atom. The van der Waals surface area contributed by atoms with Crippen LogP contribution in [0.3, 0.4) is 0 Å². The van der Waals surface area contributed by atoms with E-state index >= 15 is 0 Å². The van der Waals surface area contributed by atoms with Gasteiger partial charge in [-0.1, -0.05) is 24.3 Å². The molecule has 4 rings (SSSR count). The number of esters is 2. The van der Waals surface area contributed by atoms with Gasteiger partial charge in [-0.2, -0.15) is 0 Å². The summed E-state index contributed by atoms with van der Waals surface area (Å²) in [6.45, 7) is 2.18. The summed E-state index contributed by atoms with van der Waals surface area (Å²) in [7, 11) is 2.23. The predicted octanol–water partition coefficient (Wildman–Crippen LogP) is -2.02. The van der Waals surface area contributed by atoms with Crippen molar-refractivity contribution >= 4 is 23.8 Å². The topological polar surface area (TPSA) is 226 Å². The number of aliphatic hydroxyl groups is 5. The lowest BCUT2D eigenvalue weighted by atomic mass is 9.68. The zero-order valence-corrected chi connectivity index (χ0v) is 26.9. The van der Waals surface area contributed by atoms with Crippen molar-refractivity contribution in [1.82, 2.24) is 5.32 Å². The molecule has 0 bridgehead atoms. The summed E-state index contributed by atoms with van der Waals surface area (Å²) in [5, 5.41) is 59.3. The molecule has 2 aliphatic heterocycles. The van der Waals surface area contributed by atoms with Crippen LogP contribution in [0.15, 0.2) is 24.3 Å². The average Bonchev–Trinajstić information content (AvgIpc) is 3.38. The number of primary amides is 1. The molecular formula is C32H49N2O12+. The molecule has 0 radical (unpaired) electrons. The van der Waals surface area contributed by atoms with E-state index in [0.29, 0.717) is 12.8 Å². The van der Waals surface area contributed by atoms with E-state index in [-0.39, 0.29) is 25.9 Å². The Labute approximate surface area is 268 Å². The summed E-state index contributed by atoms with van der Waals surface area (Å²) in [6, 6.07) is 0. The van der Waals surface area contributed by atoms with Crippen LogP contribution in [-0.4, -0.2) is 117 Å². The van der Waals surface area contributed by atoms with Crippen molar-refractivity contribution in [1.29, 1.82) is 0 Å². The smallest absolute Gasteiger partial charge is 0.374 e. The quantitative estimate of drug-likeness (QED) is 0.0895. The molecule has 2 aliphatic carbocycles. The number of ether oxygens (including phenoxy) is 3. The number of aliphatic hydroxyl groups excluding tert-OH is 3. The molecule has 2 heterocycles. The molecule has 2 saturated heterocycles. The minimum absolute atomic E-state index is 0.00976. The van der Waals surface area contributed by atoms with E-state index in [1.807, 2.05) is 6.08 Å². The standard InChI is InChI=1S/C32H48N2O12/c1-29(42)21(13-15-35)25(38)33-32(29,28(41)45-4)24(37)19-11-8-12-20(17-19)46-16-14-22-26(39)34-31(27(40)44-3,30(22,2)43)23(36)18-9-6-5-7-10-18/h6,8-9,11,18-24,35-37,42-43H,5,7,10,12-17H2,1-4H3,(H,33,38)(H,34,39)/p+1/t18-,19-,20?,21+,22+,23?,24+,29+,30+,31+,32+/m1/s1. The predicted molar refractivity (Wildman–Crippen MR) is 159 cm³/mol. The first-order valence-electron chi connectivity index (χ1n) is 15.9. The summed E-state index contributed by atoms with van der Waals surface area (Å²) in [4.78, 5) is 52.4. The highest BCUT2D eigenvalue weighted by molar-refractivity contribution is 5.96. The van der Waals surface area contributed by atoms with Gasteiger partial charge in [-0.15, -0.1) is 0 Å². The number of methoxy groups -OCH3 is 2. The molecule has 2 amide bonds. The highest BCUT2D eigenvalue weighted by atomic mass is 16.5. The Morgan fingerprint density at radius 2 is 1.65 bits per heavy atom. The highest BCUT2D eigenvalue weighted by Crippen LogP contribution is 2.45. The zero-order valence-electron chi connectivity index (χ0n) is 26.9. The number of carbonyl (C=O) groups is 4. The lowest BCUT2D eigenvalue weighted by Gasteiger charge is -2.44. The number of allylic oxidation sites excluding steroid dienone is 1. The molecule has 0 aromatic carbocycles. The van der Waals surface area contributed by atoms with Gasteiger partial charge in [0.2, 0.25) is 5.91 Å². The lowest BCUT2D eigenvalue weighted by Crippen LogP contribution is -3.04. The summed E-state index contributed by atoms with van der Waals surface area (Å²) >= 11 is 0. The fourth-order valence-corrected chi connectivity index (χ4v) is 8.16. The second kappa shape index (κ2) is 13.8. The molecule has 0 spiro atoms. The maximum absolute atomic E-state index is 13.2. The maximum Gasteiger partial charge on any atom is 0.374 e. The SMILES string of the molecule is COC(=O)[C@]1(C(O)[C@@H]2C=CCCC2)NC(=O)[C@H](CCOC2CC=C[C@@H]([C@H](O)[C@@]3(C(=O)OC)[NH2+]C(=O)[C@H](CCO)[C@]3(C)O)C2)[C@]1(C)O. The molecule has 14 nitrogen and oxygen atoms in total. The van der Waals surface area contributed by atoms with Crippen molar-refractivity contribution in [2.45, 2.75) is 99.4 Å². The van der Waals surface area contributed by atoms with Crippen LogP contribution in [-0.2, 0) is 33.4 Å². The van der Waals surface area contributed by atoms with Crippen molar-refractivity contribution in [2.24, 2.45) is 23.7 Å². The number of carbonyl (C=O) groups excluding carboxylic acids is 4. The molecule has 14 heteroatoms. The average molecular weight is 654 g/mol. The van der Waals surface area contributed by atoms with Crippen molar-refractivity contribution in [3.63, 3.8) is 0 Å². The monoisotopic (exact) mass is 653 g/mol. The normalized spacial score (nSPS) is 40.4. The number of hydrogen-bond donors (Lipinski definition) is 7. The van der Waals surface area contributed by atoms with E-state index in [9.17, 15) is 44.7 Å². The zero-order chi connectivity index (χ0) is 34.1. The van der Waals surface area contributed by atoms with Crippen LogP contribution in [0, 0.1) is 23.7 Å². The van der Waals surface area contributed by atoms with Crippen molar-refractivity contribution < 1.29 is 64.2 Å². The van der Waals surface area contributed by atoms with Crippen LogP contribution in [0.4, 0.5) is 0 Å². The molecule has 0 aromatic heterocycles. The first kappa shape index (κ1) is 36.1. The Balaban J connectivity index is 1.47. The minimum atomic E-state index is -2.10. The second-order valence-corrected chi connectivity index (χ2v) is 13.4. The van der Waals surface area contributed by atoms with Crippen LogP contribution >= 0.6 is 0 Å². The fraction of sp³-hybridized carbons (Fsp3) is 0.750. The maximum atomic E-state index is 13.2. The third-order valence-corrected chi connectivity index (χ3v) is 10.9. The summed E-state index contributed by atoms with van der Waals surface area (Å²) in [6.07, 6.45) is 6.26. The first-order chi connectivity index (χ1) is 21.7. The van der Waals surface area contributed by atoms with E-state index < -0.39 is 94.6 Å². The molecule has 2 unspecified atom stereocenters. The minimum Gasteiger partial charge on any atom is -0.467 e. The van der Waals surface area contributed by atoms with Gasteiger partial charge in [-0.05, 0) is 58.8 Å². The largest absolute Gasteiger partial charge is 0.467 e. The van der Waals surface area contributed by atoms with Crippen LogP contribution < -0.4 is 10.6 Å². The second-order valence-electron chi connectivity index (χ2n) is 13.4. The molecule has 11 atom stereocenters. The van der Waals surface area contributed by atoms with Crippen LogP contribution in [0.2, 0.25) is 0 Å². The highest BCUT2D eigenvalue weighted by Gasteiger charge is 2.74. The number of rotatable bonds is 12. The van der Waals surface area contributed by atoms with Crippen molar-refractivity contribution in [2.75, 3.05) is 27.4 Å². The van der Waals surface area contributed by atoms with Gasteiger partial charge in [0.05, 0.1) is 32.3 Å². The van der Waals surface area contributed by atoms with Crippen molar-refractivity contribution in [3.8, 4) is 0 Å². The van der Waals surface area contributed by atoms with Crippen LogP contribution in [0.25, 0.3) is 0 Å². The fourth-order valence-electron chi connectivity index (χ4n) is 8.16. The van der Waals surface area contributed by atoms with E-state index in [1.54, 1.807) is 18.2 Å². The van der Waals surface area contributed by atoms with E-state index in [2.05, 4.69) is 5.32 Å². The van der Waals surface area contributed by atoms with Gasteiger partial charge in [0, 0.05) is 25.0 Å². The van der Waals surface area contributed by atoms with Crippen molar-refractivity contribution in [3.05, 3.63) is 24.3 Å². The number of hydrogen-bond acceptors (Lipinski definition) is 12. The van der Waals surface area contributed by atoms with Gasteiger partial charge in [0.1, 0.15) is 23.2 Å². The van der Waals surface area contributed by atoms with Gasteiger partial charge in [0.15, 0.2) is 5.54 Å². The van der Waals surface area contributed by atoms with E-state index in [4.69, 9.17) is 14.2 Å². The molecule has 0 saturated carbocycles. The first-order valence-corrected chi connectivity index (χ1v) is 15.9. The molecule has 8 N–H and O–H groups in total.